The number of halogens is 3. The van der Waals surface area contributed by atoms with Crippen molar-refractivity contribution in [3.8, 4) is 0 Å². The van der Waals surface area contributed by atoms with Gasteiger partial charge in [-0.1, -0.05) is 19.3 Å². The van der Waals surface area contributed by atoms with Gasteiger partial charge < -0.3 is 5.32 Å². The molecule has 1 atom stereocenters. The van der Waals surface area contributed by atoms with Crippen molar-refractivity contribution in [2.45, 2.75) is 75.5 Å². The molecule has 3 aliphatic carbocycles. The van der Waals surface area contributed by atoms with E-state index in [1.165, 1.54) is 19.3 Å². The molecule has 3 saturated carbocycles. The average molecular weight is 247 g/mol. The maximum absolute atomic E-state index is 12.9. The van der Waals surface area contributed by atoms with Crippen LogP contribution in [0.2, 0.25) is 0 Å². The Morgan fingerprint density at radius 3 is 1.94 bits per heavy atom. The molecule has 0 amide bonds. The normalized spacial score (nSPS) is 34.4. The SMILES string of the molecule is FC(F)(F)C1(NC2CCC23CCCCC3)CC1. The second-order valence-corrected chi connectivity index (χ2v) is 6.24. The van der Waals surface area contributed by atoms with Crippen molar-refractivity contribution in [1.29, 1.82) is 0 Å². The molecule has 0 aromatic carbocycles. The molecule has 0 aromatic heterocycles. The van der Waals surface area contributed by atoms with E-state index in [9.17, 15) is 13.2 Å². The van der Waals surface area contributed by atoms with Crippen LogP contribution >= 0.6 is 0 Å². The Balaban J connectivity index is 1.66. The van der Waals surface area contributed by atoms with Gasteiger partial charge in [-0.25, -0.2) is 0 Å². The highest BCUT2D eigenvalue weighted by molar-refractivity contribution is 5.13. The zero-order valence-electron chi connectivity index (χ0n) is 10.1. The second kappa shape index (κ2) is 3.62. The molecule has 1 spiro atoms. The van der Waals surface area contributed by atoms with Crippen LogP contribution in [0.15, 0.2) is 0 Å². The van der Waals surface area contributed by atoms with Crippen molar-refractivity contribution in [1.82, 2.24) is 5.32 Å². The van der Waals surface area contributed by atoms with Crippen LogP contribution in [-0.4, -0.2) is 17.8 Å². The van der Waals surface area contributed by atoms with Crippen molar-refractivity contribution >= 4 is 0 Å². The predicted octanol–water partition coefficient (Wildman–Crippen LogP) is 3.78. The van der Waals surface area contributed by atoms with Gasteiger partial charge in [0.05, 0.1) is 0 Å². The summed E-state index contributed by atoms with van der Waals surface area (Å²) in [5.74, 6) is 0. The van der Waals surface area contributed by atoms with Gasteiger partial charge in [-0.3, -0.25) is 0 Å². The molecule has 0 radical (unpaired) electrons. The Hall–Kier alpha value is -0.250. The van der Waals surface area contributed by atoms with Gasteiger partial charge in [0.25, 0.3) is 0 Å². The fourth-order valence-corrected chi connectivity index (χ4v) is 3.74. The van der Waals surface area contributed by atoms with E-state index in [2.05, 4.69) is 5.32 Å². The smallest absolute Gasteiger partial charge is 0.300 e. The maximum Gasteiger partial charge on any atom is 0.406 e. The molecule has 98 valence electrons. The summed E-state index contributed by atoms with van der Waals surface area (Å²) in [7, 11) is 0. The van der Waals surface area contributed by atoms with E-state index in [1.54, 1.807) is 0 Å². The summed E-state index contributed by atoms with van der Waals surface area (Å²) in [5.41, 5.74) is -1.29. The minimum absolute atomic E-state index is 0.131. The minimum atomic E-state index is -4.06. The van der Waals surface area contributed by atoms with Crippen LogP contribution in [0.5, 0.6) is 0 Å². The van der Waals surface area contributed by atoms with Gasteiger partial charge in [0, 0.05) is 6.04 Å². The monoisotopic (exact) mass is 247 g/mol. The lowest BCUT2D eigenvalue weighted by atomic mass is 9.57. The highest BCUT2D eigenvalue weighted by Crippen LogP contribution is 2.56. The molecule has 1 unspecified atom stereocenters. The van der Waals surface area contributed by atoms with Gasteiger partial charge >= 0.3 is 6.18 Å². The zero-order valence-corrected chi connectivity index (χ0v) is 10.1. The predicted molar refractivity (Wildman–Crippen MR) is 59.7 cm³/mol. The van der Waals surface area contributed by atoms with Gasteiger partial charge in [0.2, 0.25) is 0 Å². The Labute approximate surface area is 100 Å². The molecular formula is C13H20F3N. The molecule has 3 rings (SSSR count). The van der Waals surface area contributed by atoms with Gasteiger partial charge in [0.1, 0.15) is 5.54 Å². The van der Waals surface area contributed by atoms with Crippen molar-refractivity contribution in [3.63, 3.8) is 0 Å². The molecule has 4 heteroatoms. The molecule has 0 saturated heterocycles. The molecule has 17 heavy (non-hydrogen) atoms. The molecule has 0 aliphatic heterocycles. The van der Waals surface area contributed by atoms with Crippen LogP contribution in [0.1, 0.15) is 57.8 Å². The van der Waals surface area contributed by atoms with Gasteiger partial charge in [-0.05, 0) is 43.9 Å². The number of rotatable bonds is 2. The van der Waals surface area contributed by atoms with Crippen LogP contribution in [0.3, 0.4) is 0 Å². The van der Waals surface area contributed by atoms with E-state index in [1.807, 2.05) is 0 Å². The number of nitrogens with one attached hydrogen (secondary N) is 1. The summed E-state index contributed by atoms with van der Waals surface area (Å²) in [6, 6.07) is 0.131. The first kappa shape index (κ1) is 11.8. The fourth-order valence-electron chi connectivity index (χ4n) is 3.74. The van der Waals surface area contributed by atoms with Crippen molar-refractivity contribution in [3.05, 3.63) is 0 Å². The highest BCUT2D eigenvalue weighted by Gasteiger charge is 2.65. The van der Waals surface area contributed by atoms with E-state index in [4.69, 9.17) is 0 Å². The van der Waals surface area contributed by atoms with Gasteiger partial charge in [0.15, 0.2) is 0 Å². The standard InChI is InChI=1S/C13H20F3N/c14-13(15,16)12(8-9-12)17-10-4-7-11(10)5-2-1-3-6-11/h10,17H,1-9H2. The number of hydrogen-bond acceptors (Lipinski definition) is 1. The van der Waals surface area contributed by atoms with Crippen LogP contribution in [0, 0.1) is 5.41 Å². The van der Waals surface area contributed by atoms with E-state index < -0.39 is 11.7 Å². The van der Waals surface area contributed by atoms with Crippen LogP contribution in [0.4, 0.5) is 13.2 Å². The summed E-state index contributed by atoms with van der Waals surface area (Å²) in [6.45, 7) is 0. The first-order valence-corrected chi connectivity index (χ1v) is 6.82. The third kappa shape index (κ3) is 1.79. The molecular weight excluding hydrogens is 227 g/mol. The summed E-state index contributed by atoms with van der Waals surface area (Å²) in [4.78, 5) is 0. The second-order valence-electron chi connectivity index (χ2n) is 6.24. The molecule has 3 aliphatic rings. The highest BCUT2D eigenvalue weighted by atomic mass is 19.4. The lowest BCUT2D eigenvalue weighted by Gasteiger charge is -2.54. The first-order chi connectivity index (χ1) is 7.98. The van der Waals surface area contributed by atoms with Gasteiger partial charge in [-0.15, -0.1) is 0 Å². The lowest BCUT2D eigenvalue weighted by Crippen LogP contribution is -2.61. The first-order valence-electron chi connectivity index (χ1n) is 6.82. The quantitative estimate of drug-likeness (QED) is 0.783. The molecule has 0 aromatic rings. The minimum Gasteiger partial charge on any atom is -0.300 e. The summed E-state index contributed by atoms with van der Waals surface area (Å²) >= 11 is 0. The molecule has 1 N–H and O–H groups in total. The average Bonchev–Trinajstić information content (AvgIpc) is 3.06. The van der Waals surface area contributed by atoms with Crippen molar-refractivity contribution < 1.29 is 13.2 Å². The van der Waals surface area contributed by atoms with Crippen molar-refractivity contribution in [2.75, 3.05) is 0 Å². The molecule has 0 bridgehead atoms. The molecule has 0 heterocycles. The lowest BCUT2D eigenvalue weighted by molar-refractivity contribution is -0.175. The number of hydrogen-bond donors (Lipinski definition) is 1. The summed E-state index contributed by atoms with van der Waals surface area (Å²) in [6.07, 6.45) is 4.53. The third-order valence-corrected chi connectivity index (χ3v) is 5.26. The number of alkyl halides is 3. The fraction of sp³-hybridized carbons (Fsp3) is 1.00. The Kier molecular flexibility index (Phi) is 2.52. The van der Waals surface area contributed by atoms with Crippen molar-refractivity contribution in [2.24, 2.45) is 5.41 Å². The third-order valence-electron chi connectivity index (χ3n) is 5.26. The Morgan fingerprint density at radius 2 is 1.53 bits per heavy atom. The van der Waals surface area contributed by atoms with E-state index in [0.29, 0.717) is 0 Å². The topological polar surface area (TPSA) is 12.0 Å². The zero-order chi connectivity index (χ0) is 12.1. The largest absolute Gasteiger partial charge is 0.406 e. The maximum atomic E-state index is 12.9. The summed E-state index contributed by atoms with van der Waals surface area (Å²) in [5, 5.41) is 2.98. The van der Waals surface area contributed by atoms with Crippen LogP contribution < -0.4 is 5.32 Å². The van der Waals surface area contributed by atoms with E-state index in [-0.39, 0.29) is 24.3 Å². The van der Waals surface area contributed by atoms with E-state index >= 15 is 0 Å². The Morgan fingerprint density at radius 1 is 0.882 bits per heavy atom. The van der Waals surface area contributed by atoms with E-state index in [0.717, 1.165) is 25.7 Å². The Bertz CT molecular complexity index is 300. The van der Waals surface area contributed by atoms with Crippen LogP contribution in [-0.2, 0) is 0 Å². The summed E-state index contributed by atoms with van der Waals surface area (Å²) < 4.78 is 38.7. The molecule has 1 nitrogen and oxygen atoms in total. The van der Waals surface area contributed by atoms with Crippen LogP contribution in [0.25, 0.3) is 0 Å². The van der Waals surface area contributed by atoms with Gasteiger partial charge in [-0.2, -0.15) is 13.2 Å². The molecule has 3 fully saturated rings.